The van der Waals surface area contributed by atoms with E-state index in [4.69, 9.17) is 9.47 Å². The molecule has 2 rings (SSSR count). The lowest BCUT2D eigenvalue weighted by Gasteiger charge is -2.08. The van der Waals surface area contributed by atoms with E-state index >= 15 is 0 Å². The normalized spacial score (nSPS) is 10.3. The molecule has 2 aromatic carbocycles. The quantitative estimate of drug-likeness (QED) is 0.585. The van der Waals surface area contributed by atoms with Crippen LogP contribution in [0, 0.1) is 11.6 Å². The number of methoxy groups -OCH3 is 1. The highest BCUT2D eigenvalue weighted by Crippen LogP contribution is 2.22. The fraction of sp³-hybridized carbons (Fsp3) is 0.235. The van der Waals surface area contributed by atoms with Crippen LogP contribution in [0.5, 0.6) is 11.5 Å². The smallest absolute Gasteiger partial charge is 0.230 e. The van der Waals surface area contributed by atoms with Gasteiger partial charge in [0.25, 0.3) is 0 Å². The SMILES string of the molecule is COc1ccc(OCCNC(=O)CSc2ccc(F)cc2F)cc1. The third-order valence-electron chi connectivity index (χ3n) is 3.01. The molecule has 24 heavy (non-hydrogen) atoms. The maximum absolute atomic E-state index is 13.4. The van der Waals surface area contributed by atoms with Gasteiger partial charge in [-0.2, -0.15) is 0 Å². The van der Waals surface area contributed by atoms with Crippen molar-refractivity contribution in [3.05, 3.63) is 54.1 Å². The van der Waals surface area contributed by atoms with E-state index < -0.39 is 11.6 Å². The van der Waals surface area contributed by atoms with Crippen molar-refractivity contribution in [2.24, 2.45) is 0 Å². The van der Waals surface area contributed by atoms with Gasteiger partial charge >= 0.3 is 0 Å². The van der Waals surface area contributed by atoms with Gasteiger partial charge in [-0.15, -0.1) is 11.8 Å². The summed E-state index contributed by atoms with van der Waals surface area (Å²) in [6.07, 6.45) is 0. The van der Waals surface area contributed by atoms with E-state index in [0.717, 1.165) is 29.6 Å². The molecule has 0 aromatic heterocycles. The Labute approximate surface area is 143 Å². The minimum atomic E-state index is -0.671. The molecular weight excluding hydrogens is 336 g/mol. The second kappa shape index (κ2) is 9.12. The zero-order chi connectivity index (χ0) is 17.4. The molecule has 0 spiro atoms. The molecule has 4 nitrogen and oxygen atoms in total. The highest BCUT2D eigenvalue weighted by atomic mass is 32.2. The van der Waals surface area contributed by atoms with E-state index in [1.54, 1.807) is 31.4 Å². The summed E-state index contributed by atoms with van der Waals surface area (Å²) in [5.41, 5.74) is 0. The Morgan fingerprint density at radius 1 is 1.12 bits per heavy atom. The van der Waals surface area contributed by atoms with Gasteiger partial charge in [-0.05, 0) is 36.4 Å². The fourth-order valence-corrected chi connectivity index (χ4v) is 2.57. The van der Waals surface area contributed by atoms with Crippen LogP contribution in [0.25, 0.3) is 0 Å². The van der Waals surface area contributed by atoms with Crippen LogP contribution in [-0.4, -0.2) is 31.9 Å². The van der Waals surface area contributed by atoms with E-state index in [2.05, 4.69) is 5.32 Å². The molecule has 0 radical (unpaired) electrons. The number of ether oxygens (including phenoxy) is 2. The maximum Gasteiger partial charge on any atom is 0.230 e. The first-order valence-corrected chi connectivity index (χ1v) is 8.18. The molecule has 0 saturated carbocycles. The van der Waals surface area contributed by atoms with Crippen LogP contribution in [0.4, 0.5) is 8.78 Å². The van der Waals surface area contributed by atoms with E-state index in [1.165, 1.54) is 6.07 Å². The number of halogens is 2. The van der Waals surface area contributed by atoms with Crippen molar-refractivity contribution in [1.29, 1.82) is 0 Å². The number of rotatable bonds is 8. The Bertz CT molecular complexity index is 680. The molecule has 128 valence electrons. The molecule has 0 bridgehead atoms. The summed E-state index contributed by atoms with van der Waals surface area (Å²) in [6.45, 7) is 0.644. The van der Waals surface area contributed by atoms with Crippen LogP contribution in [-0.2, 0) is 4.79 Å². The van der Waals surface area contributed by atoms with Crippen molar-refractivity contribution in [2.75, 3.05) is 26.0 Å². The van der Waals surface area contributed by atoms with E-state index in [9.17, 15) is 13.6 Å². The highest BCUT2D eigenvalue weighted by molar-refractivity contribution is 8.00. The first kappa shape index (κ1) is 18.1. The largest absolute Gasteiger partial charge is 0.497 e. The summed E-state index contributed by atoms with van der Waals surface area (Å²) >= 11 is 1.01. The van der Waals surface area contributed by atoms with Crippen LogP contribution in [0.15, 0.2) is 47.4 Å². The molecule has 1 amide bonds. The Kier molecular flexibility index (Phi) is 6.87. The van der Waals surface area contributed by atoms with E-state index in [1.807, 2.05) is 0 Å². The summed E-state index contributed by atoms with van der Waals surface area (Å²) in [5.74, 6) is -0.103. The zero-order valence-corrected chi connectivity index (χ0v) is 13.9. The lowest BCUT2D eigenvalue weighted by Crippen LogP contribution is -2.29. The van der Waals surface area contributed by atoms with Gasteiger partial charge in [0.1, 0.15) is 29.7 Å². The first-order chi connectivity index (χ1) is 11.6. The fourth-order valence-electron chi connectivity index (χ4n) is 1.82. The van der Waals surface area contributed by atoms with Crippen LogP contribution < -0.4 is 14.8 Å². The van der Waals surface area contributed by atoms with E-state index in [0.29, 0.717) is 18.9 Å². The van der Waals surface area contributed by atoms with Gasteiger partial charge in [0, 0.05) is 11.0 Å². The van der Waals surface area contributed by atoms with Crippen molar-refractivity contribution in [3.8, 4) is 11.5 Å². The molecule has 0 atom stereocenters. The van der Waals surface area contributed by atoms with Gasteiger partial charge in [-0.25, -0.2) is 8.78 Å². The van der Waals surface area contributed by atoms with Gasteiger partial charge in [0.2, 0.25) is 5.91 Å². The van der Waals surface area contributed by atoms with Crippen LogP contribution >= 0.6 is 11.8 Å². The number of carbonyl (C=O) groups excluding carboxylic acids is 1. The van der Waals surface area contributed by atoms with Crippen molar-refractivity contribution >= 4 is 17.7 Å². The lowest BCUT2D eigenvalue weighted by molar-refractivity contribution is -0.118. The monoisotopic (exact) mass is 353 g/mol. The average molecular weight is 353 g/mol. The molecule has 0 aliphatic rings. The lowest BCUT2D eigenvalue weighted by atomic mass is 10.3. The van der Waals surface area contributed by atoms with Gasteiger partial charge < -0.3 is 14.8 Å². The van der Waals surface area contributed by atoms with Gasteiger partial charge in [-0.3, -0.25) is 4.79 Å². The molecule has 7 heteroatoms. The average Bonchev–Trinajstić information content (AvgIpc) is 2.58. The molecule has 0 fully saturated rings. The minimum Gasteiger partial charge on any atom is -0.497 e. The molecule has 0 saturated heterocycles. The summed E-state index contributed by atoms with van der Waals surface area (Å²) in [4.78, 5) is 11.9. The van der Waals surface area contributed by atoms with Crippen LogP contribution in [0.1, 0.15) is 0 Å². The van der Waals surface area contributed by atoms with Crippen molar-refractivity contribution < 1.29 is 23.0 Å². The molecular formula is C17H17F2NO3S. The number of hydrogen-bond donors (Lipinski definition) is 1. The van der Waals surface area contributed by atoms with Crippen LogP contribution in [0.3, 0.4) is 0 Å². The third kappa shape index (κ3) is 5.73. The summed E-state index contributed by atoms with van der Waals surface area (Å²) in [7, 11) is 1.58. The molecule has 2 aromatic rings. The maximum atomic E-state index is 13.4. The predicted octanol–water partition coefficient (Wildman–Crippen LogP) is 3.26. The molecule has 0 aliphatic carbocycles. The Morgan fingerprint density at radius 2 is 1.83 bits per heavy atom. The van der Waals surface area contributed by atoms with Crippen molar-refractivity contribution in [3.63, 3.8) is 0 Å². The van der Waals surface area contributed by atoms with Crippen LogP contribution in [0.2, 0.25) is 0 Å². The second-order valence-electron chi connectivity index (χ2n) is 4.74. The highest BCUT2D eigenvalue weighted by Gasteiger charge is 2.07. The second-order valence-corrected chi connectivity index (χ2v) is 5.75. The number of nitrogens with one attached hydrogen (secondary N) is 1. The Balaban J connectivity index is 1.65. The first-order valence-electron chi connectivity index (χ1n) is 7.20. The number of thioether (sulfide) groups is 1. The van der Waals surface area contributed by atoms with Gasteiger partial charge in [-0.1, -0.05) is 0 Å². The number of carbonyl (C=O) groups is 1. The summed E-state index contributed by atoms with van der Waals surface area (Å²) in [6, 6.07) is 10.4. The van der Waals surface area contributed by atoms with Crippen molar-refractivity contribution in [1.82, 2.24) is 5.32 Å². The molecule has 1 N–H and O–H groups in total. The Morgan fingerprint density at radius 3 is 2.50 bits per heavy atom. The van der Waals surface area contributed by atoms with Gasteiger partial charge in [0.05, 0.1) is 19.4 Å². The topological polar surface area (TPSA) is 47.6 Å². The number of amides is 1. The predicted molar refractivity (Wildman–Crippen MR) is 88.6 cm³/mol. The number of hydrogen-bond acceptors (Lipinski definition) is 4. The summed E-state index contributed by atoms with van der Waals surface area (Å²) < 4.78 is 36.7. The zero-order valence-electron chi connectivity index (χ0n) is 13.1. The number of benzene rings is 2. The molecule has 0 unspecified atom stereocenters. The van der Waals surface area contributed by atoms with Crippen molar-refractivity contribution in [2.45, 2.75) is 4.90 Å². The minimum absolute atomic E-state index is 0.0467. The standard InChI is InChI=1S/C17H17F2NO3S/c1-22-13-3-5-14(6-4-13)23-9-8-20-17(21)11-24-16-7-2-12(18)10-15(16)19/h2-7,10H,8-9,11H2,1H3,(H,20,21). The summed E-state index contributed by atoms with van der Waals surface area (Å²) in [5, 5.41) is 2.67. The molecule has 0 aliphatic heterocycles. The molecule has 0 heterocycles. The van der Waals surface area contributed by atoms with Gasteiger partial charge in [0.15, 0.2) is 0 Å². The van der Waals surface area contributed by atoms with E-state index in [-0.39, 0.29) is 16.6 Å². The third-order valence-corrected chi connectivity index (χ3v) is 4.05. The Hall–Kier alpha value is -2.28.